The van der Waals surface area contributed by atoms with Crippen molar-refractivity contribution in [2.45, 2.75) is 25.7 Å². The first kappa shape index (κ1) is 23.1. The number of benzene rings is 1. The molecule has 0 spiro atoms. The molecule has 1 saturated heterocycles. The molecule has 0 saturated carbocycles. The van der Waals surface area contributed by atoms with Crippen LogP contribution in [0.5, 0.6) is 0 Å². The van der Waals surface area contributed by atoms with Crippen LogP contribution in [0.1, 0.15) is 27.4 Å². The zero-order valence-corrected chi connectivity index (χ0v) is 19.2. The molecule has 1 aromatic carbocycles. The van der Waals surface area contributed by atoms with Gasteiger partial charge in [0, 0.05) is 57.2 Å². The lowest BCUT2D eigenvalue weighted by Crippen LogP contribution is -2.49. The number of aryl methyl sites for hydroxylation is 3. The Balaban J connectivity index is 1.72. The number of piperazine rings is 1. The fraction of sp³-hybridized carbons (Fsp3) is 0.476. The molecule has 2 heterocycles. The fourth-order valence-electron chi connectivity index (χ4n) is 3.53. The molecule has 0 atom stereocenters. The minimum atomic E-state index is -3.71. The second kappa shape index (κ2) is 9.71. The molecule has 1 aliphatic heterocycles. The van der Waals surface area contributed by atoms with Crippen LogP contribution in [-0.2, 0) is 14.8 Å². The maximum absolute atomic E-state index is 13.2. The number of methoxy groups -OCH3 is 1. The molecule has 2 aromatic rings. The lowest BCUT2D eigenvalue weighted by Gasteiger charge is -2.35. The normalized spacial score (nSPS) is 14.7. The van der Waals surface area contributed by atoms with Crippen molar-refractivity contribution in [3.63, 3.8) is 0 Å². The smallest absolute Gasteiger partial charge is 0.254 e. The predicted molar refractivity (Wildman–Crippen MR) is 118 cm³/mol. The van der Waals surface area contributed by atoms with Crippen molar-refractivity contribution >= 4 is 21.7 Å². The van der Waals surface area contributed by atoms with E-state index in [1.54, 1.807) is 11.0 Å². The number of ether oxygens (including phenoxy) is 1. The zero-order chi connectivity index (χ0) is 22.6. The van der Waals surface area contributed by atoms with E-state index in [1.807, 2.05) is 26.8 Å². The van der Waals surface area contributed by atoms with E-state index in [0.29, 0.717) is 31.7 Å². The molecule has 3 rings (SSSR count). The van der Waals surface area contributed by atoms with Crippen LogP contribution in [0.4, 0.5) is 5.82 Å². The van der Waals surface area contributed by atoms with Gasteiger partial charge in [0.15, 0.2) is 0 Å². The van der Waals surface area contributed by atoms with Crippen molar-refractivity contribution in [1.82, 2.24) is 19.6 Å². The van der Waals surface area contributed by atoms with Crippen LogP contribution >= 0.6 is 0 Å². The second-order valence-corrected chi connectivity index (χ2v) is 9.33. The average Bonchev–Trinajstić information content (AvgIpc) is 2.73. The molecule has 0 bridgehead atoms. The van der Waals surface area contributed by atoms with Gasteiger partial charge >= 0.3 is 0 Å². The number of carbonyl (C=O) groups excluding carboxylic acids is 1. The van der Waals surface area contributed by atoms with Gasteiger partial charge in [-0.1, -0.05) is 6.07 Å². The van der Waals surface area contributed by atoms with Gasteiger partial charge in [0.25, 0.3) is 5.91 Å². The first-order valence-electron chi connectivity index (χ1n) is 10.2. The van der Waals surface area contributed by atoms with E-state index in [9.17, 15) is 13.2 Å². The summed E-state index contributed by atoms with van der Waals surface area (Å²) in [6.45, 7) is 8.41. The molecule has 0 unspecified atom stereocenters. The molecule has 1 N–H and O–H groups in total. The van der Waals surface area contributed by atoms with E-state index < -0.39 is 10.0 Å². The summed E-state index contributed by atoms with van der Waals surface area (Å²) in [5.74, 6) is 1.42. The summed E-state index contributed by atoms with van der Waals surface area (Å²) in [5.41, 5.74) is 2.05. The van der Waals surface area contributed by atoms with Gasteiger partial charge in [-0.05, 0) is 38.5 Å². The van der Waals surface area contributed by atoms with Crippen LogP contribution in [0.15, 0.2) is 29.2 Å². The van der Waals surface area contributed by atoms with Crippen molar-refractivity contribution in [3.8, 4) is 0 Å². The molecule has 1 amide bonds. The molecule has 9 nitrogen and oxygen atoms in total. The standard InChI is InChI=1S/C21H29N5O4S/c1-15-5-6-18(31(28,29)22-7-12-30-4)14-19(15)21(27)26-10-8-25(9-11-26)20-13-16(2)23-17(3)24-20/h5-6,13-14,22H,7-12H2,1-4H3. The summed E-state index contributed by atoms with van der Waals surface area (Å²) < 4.78 is 32.4. The summed E-state index contributed by atoms with van der Waals surface area (Å²) >= 11 is 0. The van der Waals surface area contributed by atoms with Gasteiger partial charge in [-0.3, -0.25) is 4.79 Å². The van der Waals surface area contributed by atoms with Gasteiger partial charge in [-0.25, -0.2) is 23.1 Å². The molecule has 31 heavy (non-hydrogen) atoms. The summed E-state index contributed by atoms with van der Waals surface area (Å²) in [4.78, 5) is 25.9. The summed E-state index contributed by atoms with van der Waals surface area (Å²) in [7, 11) is -2.21. The second-order valence-electron chi connectivity index (χ2n) is 7.56. The minimum Gasteiger partial charge on any atom is -0.383 e. The molecule has 1 fully saturated rings. The first-order chi connectivity index (χ1) is 14.7. The third kappa shape index (κ3) is 5.57. The molecule has 10 heteroatoms. The number of nitrogens with zero attached hydrogens (tertiary/aromatic N) is 4. The van der Waals surface area contributed by atoms with Crippen molar-refractivity contribution in [1.29, 1.82) is 0 Å². The number of hydrogen-bond acceptors (Lipinski definition) is 7. The van der Waals surface area contributed by atoms with E-state index in [2.05, 4.69) is 19.6 Å². The van der Waals surface area contributed by atoms with Crippen molar-refractivity contribution in [2.24, 2.45) is 0 Å². The molecule has 1 aliphatic rings. The number of amides is 1. The maximum Gasteiger partial charge on any atom is 0.254 e. The average molecular weight is 448 g/mol. The van der Waals surface area contributed by atoms with Crippen molar-refractivity contribution in [3.05, 3.63) is 46.9 Å². The molecule has 0 aliphatic carbocycles. The highest BCUT2D eigenvalue weighted by Crippen LogP contribution is 2.20. The Bertz CT molecular complexity index is 1030. The van der Waals surface area contributed by atoms with E-state index in [1.165, 1.54) is 19.2 Å². The number of carbonyl (C=O) groups is 1. The Morgan fingerprint density at radius 3 is 2.45 bits per heavy atom. The molecule has 168 valence electrons. The van der Waals surface area contributed by atoms with Crippen LogP contribution in [0.25, 0.3) is 0 Å². The van der Waals surface area contributed by atoms with E-state index in [-0.39, 0.29) is 24.0 Å². The van der Waals surface area contributed by atoms with Gasteiger partial charge in [0.1, 0.15) is 11.6 Å². The highest BCUT2D eigenvalue weighted by Gasteiger charge is 2.25. The SMILES string of the molecule is COCCNS(=O)(=O)c1ccc(C)c(C(=O)N2CCN(c3cc(C)nc(C)n3)CC2)c1. The van der Waals surface area contributed by atoms with Gasteiger partial charge in [-0.2, -0.15) is 0 Å². The first-order valence-corrected chi connectivity index (χ1v) is 11.7. The summed E-state index contributed by atoms with van der Waals surface area (Å²) in [5, 5.41) is 0. The number of sulfonamides is 1. The predicted octanol–water partition coefficient (Wildman–Crippen LogP) is 1.29. The molecular weight excluding hydrogens is 418 g/mol. The Morgan fingerprint density at radius 2 is 1.81 bits per heavy atom. The third-order valence-electron chi connectivity index (χ3n) is 5.19. The third-order valence-corrected chi connectivity index (χ3v) is 6.65. The largest absolute Gasteiger partial charge is 0.383 e. The minimum absolute atomic E-state index is 0.0723. The van der Waals surface area contributed by atoms with Gasteiger partial charge in [-0.15, -0.1) is 0 Å². The lowest BCUT2D eigenvalue weighted by molar-refractivity contribution is 0.0745. The topological polar surface area (TPSA) is 105 Å². The zero-order valence-electron chi connectivity index (χ0n) is 18.4. The van der Waals surface area contributed by atoms with Crippen molar-refractivity contribution < 1.29 is 17.9 Å². The van der Waals surface area contributed by atoms with Crippen molar-refractivity contribution in [2.75, 3.05) is 51.3 Å². The van der Waals surface area contributed by atoms with Gasteiger partial charge in [0.2, 0.25) is 10.0 Å². The Kier molecular flexibility index (Phi) is 7.24. The maximum atomic E-state index is 13.2. The Labute approximate surface area is 183 Å². The Morgan fingerprint density at radius 1 is 1.10 bits per heavy atom. The van der Waals surface area contributed by atoms with Crippen LogP contribution < -0.4 is 9.62 Å². The highest BCUT2D eigenvalue weighted by molar-refractivity contribution is 7.89. The van der Waals surface area contributed by atoms with Crippen LogP contribution in [0, 0.1) is 20.8 Å². The van der Waals surface area contributed by atoms with Crippen LogP contribution in [0.2, 0.25) is 0 Å². The highest BCUT2D eigenvalue weighted by atomic mass is 32.2. The molecular formula is C21H29N5O4S. The molecule has 0 radical (unpaired) electrons. The van der Waals surface area contributed by atoms with Crippen LogP contribution in [-0.4, -0.2) is 75.6 Å². The monoisotopic (exact) mass is 447 g/mol. The summed E-state index contributed by atoms with van der Waals surface area (Å²) in [6.07, 6.45) is 0. The summed E-state index contributed by atoms with van der Waals surface area (Å²) in [6, 6.07) is 6.58. The van der Waals surface area contributed by atoms with E-state index >= 15 is 0 Å². The quantitative estimate of drug-likeness (QED) is 0.638. The number of hydrogen-bond donors (Lipinski definition) is 1. The van der Waals surface area contributed by atoms with Gasteiger partial charge in [0.05, 0.1) is 11.5 Å². The number of anilines is 1. The number of rotatable bonds is 7. The lowest BCUT2D eigenvalue weighted by atomic mass is 10.1. The van der Waals surface area contributed by atoms with Crippen LogP contribution in [0.3, 0.4) is 0 Å². The fourth-order valence-corrected chi connectivity index (χ4v) is 4.57. The van der Waals surface area contributed by atoms with E-state index in [4.69, 9.17) is 4.74 Å². The van der Waals surface area contributed by atoms with Gasteiger partial charge < -0.3 is 14.5 Å². The number of aromatic nitrogens is 2. The Hall–Kier alpha value is -2.56. The number of nitrogens with one attached hydrogen (secondary N) is 1. The van der Waals surface area contributed by atoms with E-state index in [0.717, 1.165) is 22.9 Å². The molecule has 1 aromatic heterocycles.